The number of halogens is 6. The van der Waals surface area contributed by atoms with Gasteiger partial charge < -0.3 is 15.2 Å². The van der Waals surface area contributed by atoms with E-state index >= 15 is 0 Å². The molecule has 0 aromatic heterocycles. The van der Waals surface area contributed by atoms with E-state index in [-0.39, 0.29) is 11.1 Å². The number of hydrogen-bond acceptors (Lipinski definition) is 5. The maximum atomic E-state index is 12.5. The van der Waals surface area contributed by atoms with Crippen molar-refractivity contribution in [1.82, 2.24) is 4.72 Å². The molecule has 0 unspecified atom stereocenters. The fraction of sp³-hybridized carbons (Fsp3) is 0.235. The van der Waals surface area contributed by atoms with Gasteiger partial charge in [0.15, 0.2) is 0 Å². The minimum atomic E-state index is -4.97. The Kier molecular flexibility index (Phi) is 6.58. The highest BCUT2D eigenvalue weighted by Crippen LogP contribution is 2.38. The molecule has 0 spiro atoms. The van der Waals surface area contributed by atoms with Crippen molar-refractivity contribution >= 4 is 18.7 Å². The summed E-state index contributed by atoms with van der Waals surface area (Å²) in [5, 5.41) is 0. The van der Waals surface area contributed by atoms with Crippen molar-refractivity contribution in [3.63, 3.8) is 0 Å². The van der Waals surface area contributed by atoms with Gasteiger partial charge in [-0.1, -0.05) is 37.1 Å². The molecule has 0 aliphatic heterocycles. The Morgan fingerprint density at radius 3 is 1.62 bits per heavy atom. The van der Waals surface area contributed by atoms with Crippen LogP contribution in [0.3, 0.4) is 0 Å². The van der Waals surface area contributed by atoms with Gasteiger partial charge in [-0.2, -0.15) is 0 Å². The number of nitrogens with two attached hydrogens (primary N) is 1. The maximum Gasteiger partial charge on any atom is 0.573 e. The van der Waals surface area contributed by atoms with Crippen LogP contribution in [0.1, 0.15) is 17.5 Å². The highest BCUT2D eigenvalue weighted by molar-refractivity contribution is 7.78. The second-order valence-corrected chi connectivity index (χ2v) is 6.04. The van der Waals surface area contributed by atoms with Crippen LogP contribution in [0.2, 0.25) is 0 Å². The predicted octanol–water partition coefficient (Wildman–Crippen LogP) is 4.04. The van der Waals surface area contributed by atoms with Crippen molar-refractivity contribution in [3.8, 4) is 11.5 Å². The normalized spacial score (nSPS) is 12.5. The zero-order chi connectivity index (χ0) is 21.9. The number of carbonyl (C=O) groups excluding carboxylic acids is 1. The molecule has 29 heavy (non-hydrogen) atoms. The summed E-state index contributed by atoms with van der Waals surface area (Å²) >= 11 is 3.96. The third-order valence-corrected chi connectivity index (χ3v) is 4.13. The van der Waals surface area contributed by atoms with E-state index in [9.17, 15) is 31.1 Å². The Morgan fingerprint density at radius 2 is 1.31 bits per heavy atom. The monoisotopic (exact) mass is 440 g/mol. The van der Waals surface area contributed by atoms with E-state index in [1.54, 1.807) is 0 Å². The number of carbonyl (C=O) groups is 1. The highest BCUT2D eigenvalue weighted by Gasteiger charge is 2.38. The Bertz CT molecular complexity index is 813. The molecule has 0 bridgehead atoms. The maximum absolute atomic E-state index is 12.5. The Morgan fingerprint density at radius 1 is 0.897 bits per heavy atom. The van der Waals surface area contributed by atoms with Gasteiger partial charge in [0.05, 0.1) is 12.0 Å². The molecule has 0 saturated heterocycles. The molecule has 2 rings (SSSR count). The molecular formula is C17H14F6N2O3S. The van der Waals surface area contributed by atoms with Crippen LogP contribution in [0.5, 0.6) is 11.5 Å². The lowest BCUT2D eigenvalue weighted by Gasteiger charge is -2.33. The molecule has 0 heterocycles. The zero-order valence-corrected chi connectivity index (χ0v) is 15.2. The second-order valence-electron chi connectivity index (χ2n) is 5.81. The standard InChI is InChI=1S/C17H14F6N2O3S/c18-16(19,20)27-12-5-1-3-10(7-12)15(25-29,9-14(24)26)11-4-2-6-13(8-11)28-17(21,22)23/h1-8,25,29H,9H2,(H2,24,26). The Labute approximate surface area is 166 Å². The van der Waals surface area contributed by atoms with Gasteiger partial charge >= 0.3 is 12.7 Å². The first kappa shape index (κ1) is 22.7. The average molecular weight is 440 g/mol. The Balaban J connectivity index is 2.60. The number of rotatable bonds is 7. The molecular weight excluding hydrogens is 426 g/mol. The molecule has 0 aliphatic rings. The van der Waals surface area contributed by atoms with E-state index in [1.165, 1.54) is 24.3 Å². The summed E-state index contributed by atoms with van der Waals surface area (Å²) in [6.45, 7) is 0. The van der Waals surface area contributed by atoms with Crippen molar-refractivity contribution in [2.75, 3.05) is 0 Å². The number of benzene rings is 2. The SMILES string of the molecule is NC(=O)CC(NS)(c1cccc(OC(F)(F)F)c1)c1cccc(OC(F)(F)F)c1. The molecule has 3 N–H and O–H groups in total. The summed E-state index contributed by atoms with van der Waals surface area (Å²) < 4.78 is 85.5. The number of amides is 1. The number of thiol groups is 1. The first-order chi connectivity index (χ1) is 13.3. The molecule has 0 saturated carbocycles. The van der Waals surface area contributed by atoms with Gasteiger partial charge in [0, 0.05) is 0 Å². The van der Waals surface area contributed by atoms with Gasteiger partial charge in [-0.05, 0) is 35.4 Å². The minimum absolute atomic E-state index is 0.0391. The van der Waals surface area contributed by atoms with Crippen LogP contribution in [0.4, 0.5) is 26.3 Å². The largest absolute Gasteiger partial charge is 0.573 e. The van der Waals surface area contributed by atoms with Gasteiger partial charge in [0.2, 0.25) is 5.91 Å². The average Bonchev–Trinajstić information content (AvgIpc) is 2.57. The first-order valence-electron chi connectivity index (χ1n) is 7.77. The summed E-state index contributed by atoms with van der Waals surface area (Å²) in [4.78, 5) is 11.7. The fourth-order valence-corrected chi connectivity index (χ4v) is 3.06. The Hall–Kier alpha value is -2.60. The molecule has 1 amide bonds. The van der Waals surface area contributed by atoms with E-state index in [2.05, 4.69) is 27.0 Å². The van der Waals surface area contributed by atoms with Gasteiger partial charge in [0.25, 0.3) is 0 Å². The van der Waals surface area contributed by atoms with Crippen LogP contribution in [0.15, 0.2) is 48.5 Å². The van der Waals surface area contributed by atoms with Gasteiger partial charge in [-0.3, -0.25) is 9.52 Å². The molecule has 5 nitrogen and oxygen atoms in total. The van der Waals surface area contributed by atoms with Crippen LogP contribution < -0.4 is 19.9 Å². The number of hydrogen-bond donors (Lipinski definition) is 3. The molecule has 0 radical (unpaired) electrons. The van der Waals surface area contributed by atoms with Crippen LogP contribution >= 0.6 is 12.8 Å². The summed E-state index contributed by atoms with van der Waals surface area (Å²) in [5.74, 6) is -2.10. The third-order valence-electron chi connectivity index (χ3n) is 3.75. The fourth-order valence-electron chi connectivity index (χ4n) is 2.72. The van der Waals surface area contributed by atoms with Crippen LogP contribution in [-0.2, 0) is 10.3 Å². The van der Waals surface area contributed by atoms with Gasteiger partial charge in [0.1, 0.15) is 11.5 Å². The van der Waals surface area contributed by atoms with E-state index in [1.807, 2.05) is 0 Å². The van der Waals surface area contributed by atoms with Gasteiger partial charge in [-0.25, -0.2) is 0 Å². The van der Waals surface area contributed by atoms with Crippen molar-refractivity contribution in [3.05, 3.63) is 59.7 Å². The van der Waals surface area contributed by atoms with Crippen molar-refractivity contribution < 1.29 is 40.6 Å². The topological polar surface area (TPSA) is 73.6 Å². The van der Waals surface area contributed by atoms with Crippen LogP contribution in [0.25, 0.3) is 0 Å². The van der Waals surface area contributed by atoms with Crippen LogP contribution in [0, 0.1) is 0 Å². The third kappa shape index (κ3) is 6.19. The van der Waals surface area contributed by atoms with E-state index in [0.717, 1.165) is 24.3 Å². The lowest BCUT2D eigenvalue weighted by Crippen LogP contribution is -2.42. The molecule has 0 aliphatic carbocycles. The molecule has 2 aromatic rings. The molecule has 12 heteroatoms. The number of ether oxygens (including phenoxy) is 2. The minimum Gasteiger partial charge on any atom is -0.406 e. The lowest BCUT2D eigenvalue weighted by molar-refractivity contribution is -0.275. The number of alkyl halides is 6. The number of nitrogens with one attached hydrogen (secondary N) is 1. The molecule has 0 atom stereocenters. The summed E-state index contributed by atoms with van der Waals surface area (Å²) in [6, 6.07) is 9.09. The van der Waals surface area contributed by atoms with Crippen LogP contribution in [-0.4, -0.2) is 18.6 Å². The summed E-state index contributed by atoms with van der Waals surface area (Å²) in [7, 11) is 0. The zero-order valence-electron chi connectivity index (χ0n) is 14.3. The first-order valence-corrected chi connectivity index (χ1v) is 8.21. The van der Waals surface area contributed by atoms with Crippen molar-refractivity contribution in [1.29, 1.82) is 0 Å². The van der Waals surface area contributed by atoms with E-state index in [0.29, 0.717) is 0 Å². The summed E-state index contributed by atoms with van der Waals surface area (Å²) in [5.41, 5.74) is 3.68. The second kappa shape index (κ2) is 8.41. The molecule has 0 fully saturated rings. The van der Waals surface area contributed by atoms with E-state index in [4.69, 9.17) is 5.73 Å². The summed E-state index contributed by atoms with van der Waals surface area (Å²) in [6.07, 6.45) is -10.5. The molecule has 2 aromatic carbocycles. The van der Waals surface area contributed by atoms with Gasteiger partial charge in [-0.15, -0.1) is 26.3 Å². The quantitative estimate of drug-likeness (QED) is 0.449. The van der Waals surface area contributed by atoms with Crippen molar-refractivity contribution in [2.45, 2.75) is 24.7 Å². The smallest absolute Gasteiger partial charge is 0.406 e. The lowest BCUT2D eigenvalue weighted by atomic mass is 9.80. The number of primary amides is 1. The predicted molar refractivity (Wildman–Crippen MR) is 93.0 cm³/mol. The molecule has 158 valence electrons. The highest BCUT2D eigenvalue weighted by atomic mass is 32.1. The van der Waals surface area contributed by atoms with Crippen molar-refractivity contribution in [2.24, 2.45) is 5.73 Å². The van der Waals surface area contributed by atoms with E-state index < -0.39 is 42.1 Å².